The van der Waals surface area contributed by atoms with Crippen LogP contribution < -0.4 is 20.1 Å². The molecule has 0 radical (unpaired) electrons. The number of methoxy groups -OCH3 is 2. The van der Waals surface area contributed by atoms with Crippen LogP contribution in [-0.4, -0.2) is 30.2 Å². The zero-order valence-corrected chi connectivity index (χ0v) is 18.9. The minimum Gasteiger partial charge on any atom is -0.495 e. The fraction of sp³-hybridized carbons (Fsp3) is 0.0870. The number of thiocarbonyl (C=S) groups is 1. The molecule has 180 valence electrons. The Morgan fingerprint density at radius 3 is 2.29 bits per heavy atom. The average molecular weight is 505 g/mol. The maximum atomic E-state index is 14.2. The van der Waals surface area contributed by atoms with Gasteiger partial charge in [-0.25, -0.2) is 13.8 Å². The monoisotopic (exact) mass is 505 g/mol. The molecule has 0 aliphatic carbocycles. The highest BCUT2D eigenvalue weighted by molar-refractivity contribution is 7.80. The van der Waals surface area contributed by atoms with Crippen molar-refractivity contribution in [2.45, 2.75) is 0 Å². The van der Waals surface area contributed by atoms with Crippen molar-refractivity contribution < 1.29 is 36.2 Å². The predicted octanol–water partition coefficient (Wildman–Crippen LogP) is 5.20. The van der Waals surface area contributed by atoms with Crippen molar-refractivity contribution in [3.63, 3.8) is 0 Å². The Morgan fingerprint density at radius 1 is 0.971 bits per heavy atom. The molecule has 2 N–H and O–H groups in total. The van der Waals surface area contributed by atoms with E-state index in [1.54, 1.807) is 36.4 Å². The van der Waals surface area contributed by atoms with Gasteiger partial charge in [-0.15, -0.1) is 0 Å². The molecule has 0 unspecified atom stereocenters. The summed E-state index contributed by atoms with van der Waals surface area (Å²) in [7, 11) is 2.20. The summed E-state index contributed by atoms with van der Waals surface area (Å²) in [6.45, 7) is 0. The third-order valence-corrected chi connectivity index (χ3v) is 5.07. The smallest absolute Gasteiger partial charge is 0.263 e. The lowest BCUT2D eigenvalue weighted by Crippen LogP contribution is -2.35. The van der Waals surface area contributed by atoms with Crippen LogP contribution in [0.2, 0.25) is 0 Å². The molecule has 4 rings (SSSR count). The van der Waals surface area contributed by atoms with Gasteiger partial charge in [0.1, 0.15) is 16.8 Å². The van der Waals surface area contributed by atoms with E-state index < -0.39 is 45.6 Å². The molecule has 0 fully saturated rings. The molecule has 1 amide bonds. The molecule has 0 saturated heterocycles. The number of aromatic nitrogens is 1. The van der Waals surface area contributed by atoms with Gasteiger partial charge in [0.25, 0.3) is 5.91 Å². The van der Waals surface area contributed by atoms with Crippen molar-refractivity contribution in [1.29, 1.82) is 0 Å². The number of benzene rings is 3. The Hall–Kier alpha value is -4.19. The Balaban J connectivity index is 1.59. The molecule has 1 heterocycles. The van der Waals surface area contributed by atoms with Crippen LogP contribution in [0.15, 0.2) is 46.9 Å². The van der Waals surface area contributed by atoms with Crippen LogP contribution in [0, 0.1) is 23.3 Å². The highest BCUT2D eigenvalue weighted by Crippen LogP contribution is 2.32. The highest BCUT2D eigenvalue weighted by Gasteiger charge is 2.30. The number of hydrogen-bond donors (Lipinski definition) is 2. The minimum atomic E-state index is -1.93. The SMILES string of the molecule is COc1ccc(-c2nc3ccccc3o2)cc1NC(=S)NC(=O)c1c(F)c(F)c(OC)c(F)c1F. The summed E-state index contributed by atoms with van der Waals surface area (Å²) in [5, 5.41) is 4.20. The largest absolute Gasteiger partial charge is 0.495 e. The quantitative estimate of drug-likeness (QED) is 0.219. The maximum absolute atomic E-state index is 14.2. The van der Waals surface area contributed by atoms with Crippen LogP contribution in [0.4, 0.5) is 23.2 Å². The first-order chi connectivity index (χ1) is 16.7. The number of oxazole rings is 1. The van der Waals surface area contributed by atoms with E-state index in [2.05, 4.69) is 15.0 Å². The third kappa shape index (κ3) is 4.47. The van der Waals surface area contributed by atoms with Gasteiger partial charge in [-0.1, -0.05) is 12.1 Å². The molecule has 4 aromatic rings. The van der Waals surface area contributed by atoms with Crippen LogP contribution >= 0.6 is 12.2 Å². The van der Waals surface area contributed by atoms with Crippen LogP contribution in [-0.2, 0) is 0 Å². The number of fused-ring (bicyclic) bond motifs is 1. The van der Waals surface area contributed by atoms with Crippen LogP contribution in [0.3, 0.4) is 0 Å². The second kappa shape index (κ2) is 9.58. The van der Waals surface area contributed by atoms with Gasteiger partial charge in [0.2, 0.25) is 17.5 Å². The molecule has 7 nitrogen and oxygen atoms in total. The van der Waals surface area contributed by atoms with Crippen molar-refractivity contribution in [2.75, 3.05) is 19.5 Å². The molecule has 0 atom stereocenters. The fourth-order valence-electron chi connectivity index (χ4n) is 3.24. The lowest BCUT2D eigenvalue weighted by Gasteiger charge is -2.15. The Kier molecular flexibility index (Phi) is 6.56. The highest BCUT2D eigenvalue weighted by atomic mass is 32.1. The summed E-state index contributed by atoms with van der Waals surface area (Å²) in [6, 6.07) is 11.9. The van der Waals surface area contributed by atoms with Crippen molar-refractivity contribution in [1.82, 2.24) is 10.3 Å². The van der Waals surface area contributed by atoms with Crippen molar-refractivity contribution in [3.05, 3.63) is 71.3 Å². The normalized spacial score (nSPS) is 10.8. The molecule has 0 saturated carbocycles. The van der Waals surface area contributed by atoms with Gasteiger partial charge < -0.3 is 19.2 Å². The van der Waals surface area contributed by atoms with Crippen LogP contribution in [0.25, 0.3) is 22.6 Å². The van der Waals surface area contributed by atoms with E-state index in [4.69, 9.17) is 21.4 Å². The minimum absolute atomic E-state index is 0.241. The summed E-state index contributed by atoms with van der Waals surface area (Å²) in [5.74, 6) is -9.81. The average Bonchev–Trinajstić information content (AvgIpc) is 3.27. The van der Waals surface area contributed by atoms with Gasteiger partial charge in [-0.3, -0.25) is 10.1 Å². The first-order valence-electron chi connectivity index (χ1n) is 9.81. The molecule has 3 aromatic carbocycles. The number of anilines is 1. The van der Waals surface area contributed by atoms with E-state index in [0.29, 0.717) is 28.3 Å². The summed E-state index contributed by atoms with van der Waals surface area (Å²) in [5.41, 5.74) is 0.468. The first-order valence-corrected chi connectivity index (χ1v) is 10.2. The van der Waals surface area contributed by atoms with Crippen molar-refractivity contribution >= 4 is 40.0 Å². The number of carbonyl (C=O) groups excluding carboxylic acids is 1. The topological polar surface area (TPSA) is 85.6 Å². The van der Waals surface area contributed by atoms with E-state index >= 15 is 0 Å². The van der Waals surface area contributed by atoms with Gasteiger partial charge in [0, 0.05) is 5.56 Å². The molecule has 0 aliphatic heterocycles. The van der Waals surface area contributed by atoms with Crippen molar-refractivity contribution in [3.8, 4) is 23.0 Å². The lowest BCUT2D eigenvalue weighted by molar-refractivity contribution is 0.0966. The maximum Gasteiger partial charge on any atom is 0.263 e. The number of amides is 1. The molecule has 0 bridgehead atoms. The molecule has 0 aliphatic rings. The van der Waals surface area contributed by atoms with Gasteiger partial charge in [0.05, 0.1) is 19.9 Å². The Labute approximate surface area is 200 Å². The van der Waals surface area contributed by atoms with E-state index in [-0.39, 0.29) is 5.69 Å². The predicted molar refractivity (Wildman–Crippen MR) is 123 cm³/mol. The summed E-state index contributed by atoms with van der Waals surface area (Å²) < 4.78 is 71.7. The number of hydrogen-bond acceptors (Lipinski definition) is 6. The molecule has 1 aromatic heterocycles. The second-order valence-electron chi connectivity index (χ2n) is 6.97. The third-order valence-electron chi connectivity index (χ3n) is 4.87. The van der Waals surface area contributed by atoms with Crippen LogP contribution in [0.1, 0.15) is 10.4 Å². The fourth-order valence-corrected chi connectivity index (χ4v) is 3.45. The Bertz CT molecular complexity index is 1410. The number of halogens is 4. The summed E-state index contributed by atoms with van der Waals surface area (Å²) in [6.07, 6.45) is 0. The summed E-state index contributed by atoms with van der Waals surface area (Å²) in [4.78, 5) is 16.8. The lowest BCUT2D eigenvalue weighted by atomic mass is 10.1. The van der Waals surface area contributed by atoms with Gasteiger partial charge in [-0.05, 0) is 42.5 Å². The molecule has 35 heavy (non-hydrogen) atoms. The zero-order valence-electron chi connectivity index (χ0n) is 18.0. The zero-order chi connectivity index (χ0) is 25.3. The molecule has 12 heteroatoms. The molecule has 0 spiro atoms. The summed E-state index contributed by atoms with van der Waals surface area (Å²) >= 11 is 5.04. The van der Waals surface area contributed by atoms with E-state index in [1.165, 1.54) is 7.11 Å². The van der Waals surface area contributed by atoms with Crippen LogP contribution in [0.5, 0.6) is 11.5 Å². The number of carbonyl (C=O) groups is 1. The number of para-hydroxylation sites is 2. The van der Waals surface area contributed by atoms with E-state index in [0.717, 1.165) is 7.11 Å². The van der Waals surface area contributed by atoms with Crippen molar-refractivity contribution in [2.24, 2.45) is 0 Å². The number of nitrogens with one attached hydrogen (secondary N) is 2. The Morgan fingerprint density at radius 2 is 1.66 bits per heavy atom. The van der Waals surface area contributed by atoms with Gasteiger partial charge in [-0.2, -0.15) is 8.78 Å². The first kappa shape index (κ1) is 24.0. The number of rotatable bonds is 5. The van der Waals surface area contributed by atoms with Gasteiger partial charge >= 0.3 is 0 Å². The van der Waals surface area contributed by atoms with E-state index in [9.17, 15) is 22.4 Å². The number of nitrogens with zero attached hydrogens (tertiary/aromatic N) is 1. The van der Waals surface area contributed by atoms with E-state index in [1.807, 2.05) is 11.4 Å². The second-order valence-corrected chi connectivity index (χ2v) is 7.38. The standard InChI is InChI=1S/C23H15F4N3O4S/c1-32-13-8-7-10(22-28-11-5-3-4-6-14(11)34-22)9-12(13)29-23(35)30-21(31)15-16(24)18(26)20(33-2)19(27)17(15)25/h3-9H,1-2H3,(H2,29,30,31,35). The number of ether oxygens (including phenoxy) is 2. The van der Waals surface area contributed by atoms with Gasteiger partial charge in [0.15, 0.2) is 28.1 Å². The molecular formula is C23H15F4N3O4S. The molecular weight excluding hydrogens is 490 g/mol.